The zero-order chi connectivity index (χ0) is 21.8. The second-order valence-electron chi connectivity index (χ2n) is 8.52. The fourth-order valence-electron chi connectivity index (χ4n) is 4.17. The Morgan fingerprint density at radius 1 is 1.23 bits per heavy atom. The van der Waals surface area contributed by atoms with Crippen LogP contribution in [0.1, 0.15) is 45.6 Å². The van der Waals surface area contributed by atoms with Crippen LogP contribution in [0, 0.1) is 0 Å². The van der Waals surface area contributed by atoms with Crippen molar-refractivity contribution in [2.24, 2.45) is 0 Å². The van der Waals surface area contributed by atoms with E-state index in [1.807, 2.05) is 12.1 Å². The quantitative estimate of drug-likeness (QED) is 0.600. The lowest BCUT2D eigenvalue weighted by atomic mass is 10.1. The number of nitrogens with zero attached hydrogens (tertiary/aromatic N) is 3. The van der Waals surface area contributed by atoms with Gasteiger partial charge in [-0.2, -0.15) is 0 Å². The van der Waals surface area contributed by atoms with Crippen LogP contribution in [0.4, 0.5) is 0 Å². The molecule has 31 heavy (non-hydrogen) atoms. The molecular formula is C25H32ClN5. The monoisotopic (exact) mass is 437 g/mol. The first kappa shape index (κ1) is 21.8. The molecule has 0 atom stereocenters. The molecule has 0 unspecified atom stereocenters. The smallest absolute Gasteiger partial charge is 0.0901 e. The van der Waals surface area contributed by atoms with Crippen molar-refractivity contribution >= 4 is 22.6 Å². The minimum atomic E-state index is 0.268. The zero-order valence-corrected chi connectivity index (χ0v) is 19.5. The summed E-state index contributed by atoms with van der Waals surface area (Å²) in [4.78, 5) is 11.4. The summed E-state index contributed by atoms with van der Waals surface area (Å²) >= 11 is 6.56. The van der Waals surface area contributed by atoms with Crippen molar-refractivity contribution in [3.63, 3.8) is 0 Å². The molecule has 0 radical (unpaired) electrons. The van der Waals surface area contributed by atoms with Crippen LogP contribution in [0.5, 0.6) is 0 Å². The normalized spacial score (nSPS) is 19.2. The number of hydrogen-bond acceptors (Lipinski definition) is 5. The van der Waals surface area contributed by atoms with E-state index >= 15 is 0 Å². The Hall–Kier alpha value is -2.37. The summed E-state index contributed by atoms with van der Waals surface area (Å²) in [5, 5.41) is 7.96. The molecule has 0 amide bonds. The van der Waals surface area contributed by atoms with Gasteiger partial charge in [0.2, 0.25) is 0 Å². The first-order valence-electron chi connectivity index (χ1n) is 11.2. The molecule has 5 nitrogen and oxygen atoms in total. The fourth-order valence-corrected chi connectivity index (χ4v) is 4.40. The predicted octanol–water partition coefficient (Wildman–Crippen LogP) is 4.95. The van der Waals surface area contributed by atoms with Crippen molar-refractivity contribution in [3.05, 3.63) is 70.3 Å². The highest BCUT2D eigenvalue weighted by molar-refractivity contribution is 6.32. The summed E-state index contributed by atoms with van der Waals surface area (Å²) in [6.07, 6.45) is 13.7. The van der Waals surface area contributed by atoms with E-state index in [0.717, 1.165) is 48.3 Å². The number of nitrogens with one attached hydrogen (secondary N) is 2. The third kappa shape index (κ3) is 4.78. The van der Waals surface area contributed by atoms with E-state index in [2.05, 4.69) is 64.5 Å². The van der Waals surface area contributed by atoms with Gasteiger partial charge in [-0.05, 0) is 56.9 Å². The summed E-state index contributed by atoms with van der Waals surface area (Å²) in [6.45, 7) is 10.2. The number of benzene rings is 1. The molecule has 2 fully saturated rings. The van der Waals surface area contributed by atoms with Crippen LogP contribution in [0.2, 0.25) is 5.02 Å². The molecule has 4 rings (SSSR count). The van der Waals surface area contributed by atoms with Crippen molar-refractivity contribution in [2.45, 2.75) is 52.1 Å². The maximum absolute atomic E-state index is 6.56. The fraction of sp³-hybridized carbons (Fsp3) is 0.440. The summed E-state index contributed by atoms with van der Waals surface area (Å²) in [7, 11) is 0. The summed E-state index contributed by atoms with van der Waals surface area (Å²) in [5.74, 6) is 0. The Balaban J connectivity index is 1.60. The van der Waals surface area contributed by atoms with Gasteiger partial charge in [0.15, 0.2) is 0 Å². The molecule has 1 saturated heterocycles. The second kappa shape index (κ2) is 9.41. The van der Waals surface area contributed by atoms with Crippen molar-refractivity contribution in [1.82, 2.24) is 25.5 Å². The van der Waals surface area contributed by atoms with Gasteiger partial charge in [-0.25, -0.2) is 0 Å². The van der Waals surface area contributed by atoms with E-state index in [-0.39, 0.29) is 5.54 Å². The number of rotatable bonds is 7. The zero-order valence-electron chi connectivity index (χ0n) is 18.7. The van der Waals surface area contributed by atoms with Gasteiger partial charge in [0.1, 0.15) is 0 Å². The first-order chi connectivity index (χ1) is 15.1. The Bertz CT molecular complexity index is 1040. The van der Waals surface area contributed by atoms with E-state index in [4.69, 9.17) is 11.6 Å². The third-order valence-electron chi connectivity index (χ3n) is 6.41. The van der Waals surface area contributed by atoms with Gasteiger partial charge in [0.05, 0.1) is 28.0 Å². The first-order valence-corrected chi connectivity index (χ1v) is 11.6. The van der Waals surface area contributed by atoms with Gasteiger partial charge in [0, 0.05) is 43.6 Å². The number of piperazine rings is 1. The largest absolute Gasteiger partial charge is 0.380 e. The van der Waals surface area contributed by atoms with Crippen LogP contribution in [0.25, 0.3) is 11.0 Å². The molecule has 1 spiro atoms. The average Bonchev–Trinajstić information content (AvgIpc) is 3.56. The molecule has 6 heteroatoms. The molecule has 2 heterocycles. The molecule has 1 aliphatic heterocycles. The topological polar surface area (TPSA) is 53.1 Å². The van der Waals surface area contributed by atoms with Crippen LogP contribution in [0.3, 0.4) is 0 Å². The Labute approximate surface area is 190 Å². The molecule has 1 saturated carbocycles. The lowest BCUT2D eigenvalue weighted by molar-refractivity contribution is 0.191. The predicted molar refractivity (Wildman–Crippen MR) is 129 cm³/mol. The van der Waals surface area contributed by atoms with Crippen molar-refractivity contribution in [1.29, 1.82) is 0 Å². The van der Waals surface area contributed by atoms with Crippen LogP contribution in [-0.2, 0) is 6.54 Å². The molecular weight excluding hydrogens is 406 g/mol. The lowest BCUT2D eigenvalue weighted by Crippen LogP contribution is -2.53. The lowest BCUT2D eigenvalue weighted by Gasteiger charge is -2.41. The minimum Gasteiger partial charge on any atom is -0.380 e. The van der Waals surface area contributed by atoms with Crippen LogP contribution < -0.4 is 10.6 Å². The number of aromatic nitrogens is 2. The van der Waals surface area contributed by atoms with Gasteiger partial charge < -0.3 is 15.5 Å². The Morgan fingerprint density at radius 3 is 2.65 bits per heavy atom. The van der Waals surface area contributed by atoms with E-state index < -0.39 is 0 Å². The van der Waals surface area contributed by atoms with Gasteiger partial charge in [-0.3, -0.25) is 9.97 Å². The van der Waals surface area contributed by atoms with Gasteiger partial charge in [-0.1, -0.05) is 36.2 Å². The third-order valence-corrected chi connectivity index (χ3v) is 6.76. The Morgan fingerprint density at radius 2 is 1.97 bits per heavy atom. The average molecular weight is 438 g/mol. The molecule has 1 aromatic heterocycles. The van der Waals surface area contributed by atoms with E-state index in [0.29, 0.717) is 11.6 Å². The number of fused-ring (bicyclic) bond motifs is 1. The van der Waals surface area contributed by atoms with Gasteiger partial charge in [0.25, 0.3) is 0 Å². The SMILES string of the molecule is C\C=C(NCc1cc2nccnc2cc1Cl)/C(=C\C=C(/C)CC)N1CCNCC12CC2. The van der Waals surface area contributed by atoms with Crippen molar-refractivity contribution in [3.8, 4) is 0 Å². The highest BCUT2D eigenvalue weighted by Gasteiger charge is 2.50. The molecule has 0 bridgehead atoms. The molecule has 1 aliphatic carbocycles. The number of allylic oxidation sites excluding steroid dienone is 4. The summed E-state index contributed by atoms with van der Waals surface area (Å²) in [6, 6.07) is 3.93. The highest BCUT2D eigenvalue weighted by Crippen LogP contribution is 2.45. The minimum absolute atomic E-state index is 0.268. The number of halogens is 1. The van der Waals surface area contributed by atoms with Gasteiger partial charge >= 0.3 is 0 Å². The van der Waals surface area contributed by atoms with Crippen molar-refractivity contribution < 1.29 is 0 Å². The molecule has 2 aromatic rings. The van der Waals surface area contributed by atoms with Crippen LogP contribution >= 0.6 is 11.6 Å². The molecule has 2 aliphatic rings. The highest BCUT2D eigenvalue weighted by atomic mass is 35.5. The van der Waals surface area contributed by atoms with E-state index in [9.17, 15) is 0 Å². The van der Waals surface area contributed by atoms with Gasteiger partial charge in [-0.15, -0.1) is 0 Å². The Kier molecular flexibility index (Phi) is 6.63. The molecule has 1 aromatic carbocycles. The van der Waals surface area contributed by atoms with Crippen LogP contribution in [0.15, 0.2) is 59.7 Å². The molecule has 164 valence electrons. The maximum Gasteiger partial charge on any atom is 0.0901 e. The summed E-state index contributed by atoms with van der Waals surface area (Å²) < 4.78 is 0. The van der Waals surface area contributed by atoms with E-state index in [1.54, 1.807) is 12.4 Å². The standard InChI is InChI=1S/C25H32ClN5/c1-4-18(3)6-7-24(31-13-12-27-17-25(31)8-9-25)21(5-2)30-16-19-14-22-23(15-20(19)26)29-11-10-28-22/h5-7,10-11,14-15,27,30H,4,8-9,12-13,16-17H2,1-3H3/b18-6+,21-5+,24-7+. The van der Waals surface area contributed by atoms with Crippen LogP contribution in [-0.4, -0.2) is 40.0 Å². The molecule has 2 N–H and O–H groups in total. The summed E-state index contributed by atoms with van der Waals surface area (Å²) in [5.41, 5.74) is 6.76. The van der Waals surface area contributed by atoms with E-state index in [1.165, 1.54) is 24.1 Å². The second-order valence-corrected chi connectivity index (χ2v) is 8.92. The maximum atomic E-state index is 6.56. The van der Waals surface area contributed by atoms with Crippen molar-refractivity contribution in [2.75, 3.05) is 19.6 Å². The number of hydrogen-bond donors (Lipinski definition) is 2.